The van der Waals surface area contributed by atoms with E-state index in [9.17, 15) is 26.8 Å². The number of nitrogens with two attached hydrogens (primary N) is 1. The molecule has 2 aliphatic heterocycles. The number of likely N-dealkylation sites (N-methyl/N-ethyl adjacent to an activating group) is 1. The van der Waals surface area contributed by atoms with Gasteiger partial charge in [-0.2, -0.15) is 9.40 Å². The summed E-state index contributed by atoms with van der Waals surface area (Å²) in [5, 5.41) is 12.5. The molecule has 1 aromatic heterocycles. The van der Waals surface area contributed by atoms with Gasteiger partial charge in [0, 0.05) is 68.7 Å². The van der Waals surface area contributed by atoms with E-state index in [1.54, 1.807) is 18.2 Å². The lowest BCUT2D eigenvalue weighted by atomic mass is 10.1. The smallest absolute Gasteiger partial charge is 0.258 e. The van der Waals surface area contributed by atoms with E-state index >= 15 is 0 Å². The van der Waals surface area contributed by atoms with E-state index in [1.165, 1.54) is 6.92 Å². The molecule has 12 nitrogen and oxygen atoms in total. The summed E-state index contributed by atoms with van der Waals surface area (Å²) in [4.78, 5) is 29.9. The van der Waals surface area contributed by atoms with Crippen molar-refractivity contribution in [3.8, 4) is 0 Å². The molecule has 0 bridgehead atoms. The molecule has 42 heavy (non-hydrogen) atoms. The van der Waals surface area contributed by atoms with E-state index in [2.05, 4.69) is 30.6 Å². The SMILES string of the molecule is CC(N)C(=O)Nc1cc(N2CCN(C)CC2)ccc1C(=O)Nc1n[nH]c2c1CN(S(=O)(=O)c1cc(F)cc(F)c1)CC2. The lowest BCUT2D eigenvalue weighted by molar-refractivity contribution is -0.117. The minimum Gasteiger partial charge on any atom is -0.369 e. The third-order valence-electron chi connectivity index (χ3n) is 7.39. The number of nitrogens with one attached hydrogen (secondary N) is 3. The van der Waals surface area contributed by atoms with Gasteiger partial charge in [0.15, 0.2) is 5.82 Å². The molecule has 2 amide bonds. The maximum Gasteiger partial charge on any atom is 0.258 e. The molecule has 3 heterocycles. The molecule has 15 heteroatoms. The Hall–Kier alpha value is -3.92. The number of H-pyrrole nitrogens is 1. The quantitative estimate of drug-likeness (QED) is 0.319. The van der Waals surface area contributed by atoms with Gasteiger partial charge in [-0.3, -0.25) is 14.7 Å². The number of anilines is 3. The zero-order valence-electron chi connectivity index (χ0n) is 23.2. The van der Waals surface area contributed by atoms with Gasteiger partial charge in [-0.15, -0.1) is 0 Å². The third-order valence-corrected chi connectivity index (χ3v) is 9.21. The number of aromatic nitrogens is 2. The number of hydrogen-bond acceptors (Lipinski definition) is 8. The Kier molecular flexibility index (Phi) is 8.28. The predicted octanol–water partition coefficient (Wildman–Crippen LogP) is 1.72. The number of carbonyl (C=O) groups is 2. The number of sulfonamides is 1. The fourth-order valence-electron chi connectivity index (χ4n) is 4.92. The first kappa shape index (κ1) is 29.6. The molecule has 1 unspecified atom stereocenters. The van der Waals surface area contributed by atoms with Crippen LogP contribution in [0.2, 0.25) is 0 Å². The summed E-state index contributed by atoms with van der Waals surface area (Å²) < 4.78 is 55.0. The Morgan fingerprint density at radius 2 is 1.71 bits per heavy atom. The van der Waals surface area contributed by atoms with Gasteiger partial charge in [0.1, 0.15) is 11.6 Å². The number of aromatic amines is 1. The van der Waals surface area contributed by atoms with Gasteiger partial charge in [-0.25, -0.2) is 17.2 Å². The number of halogens is 2. The van der Waals surface area contributed by atoms with Gasteiger partial charge in [-0.05, 0) is 44.3 Å². The van der Waals surface area contributed by atoms with Crippen LogP contribution >= 0.6 is 0 Å². The fourth-order valence-corrected chi connectivity index (χ4v) is 6.37. The van der Waals surface area contributed by atoms with E-state index in [1.807, 2.05) is 7.05 Å². The number of fused-ring (bicyclic) bond motifs is 1. The topological polar surface area (TPSA) is 157 Å². The number of amides is 2. The first-order valence-corrected chi connectivity index (χ1v) is 14.8. The first-order valence-electron chi connectivity index (χ1n) is 13.4. The minimum absolute atomic E-state index is 0.0459. The Bertz CT molecular complexity index is 1600. The molecule has 0 spiro atoms. The van der Waals surface area contributed by atoms with Gasteiger partial charge in [-0.1, -0.05) is 0 Å². The van der Waals surface area contributed by atoms with Crippen LogP contribution in [-0.4, -0.2) is 85.4 Å². The summed E-state index contributed by atoms with van der Waals surface area (Å²) in [6.07, 6.45) is 0.241. The summed E-state index contributed by atoms with van der Waals surface area (Å²) in [6.45, 7) is 4.70. The van der Waals surface area contributed by atoms with Crippen LogP contribution in [0.4, 0.5) is 26.0 Å². The molecular weight excluding hydrogens is 570 g/mol. The van der Waals surface area contributed by atoms with Gasteiger partial charge in [0.05, 0.1) is 22.2 Å². The van der Waals surface area contributed by atoms with Gasteiger partial charge < -0.3 is 26.2 Å². The van der Waals surface area contributed by atoms with Crippen LogP contribution in [0.3, 0.4) is 0 Å². The molecule has 2 aliphatic rings. The monoisotopic (exact) mass is 602 g/mol. The van der Waals surface area contributed by atoms with Gasteiger partial charge in [0.25, 0.3) is 5.91 Å². The number of hydrogen-bond donors (Lipinski definition) is 4. The van der Waals surface area contributed by atoms with E-state index in [0.29, 0.717) is 17.3 Å². The molecule has 3 aromatic rings. The van der Waals surface area contributed by atoms with Crippen molar-refractivity contribution < 1.29 is 26.8 Å². The number of benzene rings is 2. The van der Waals surface area contributed by atoms with Crippen molar-refractivity contribution >= 4 is 39.0 Å². The Morgan fingerprint density at radius 1 is 1.02 bits per heavy atom. The number of carbonyl (C=O) groups excluding carboxylic acids is 2. The van der Waals surface area contributed by atoms with Crippen molar-refractivity contribution in [2.75, 3.05) is 55.3 Å². The van der Waals surface area contributed by atoms with Gasteiger partial charge >= 0.3 is 0 Å². The summed E-state index contributed by atoms with van der Waals surface area (Å²) in [7, 11) is -2.20. The summed E-state index contributed by atoms with van der Waals surface area (Å²) in [5.41, 5.74) is 8.08. The third kappa shape index (κ3) is 6.13. The predicted molar refractivity (Wildman–Crippen MR) is 153 cm³/mol. The van der Waals surface area contributed by atoms with E-state index in [0.717, 1.165) is 48.3 Å². The highest BCUT2D eigenvalue weighted by molar-refractivity contribution is 7.89. The van der Waals surface area contributed by atoms with Crippen LogP contribution in [-0.2, 0) is 27.8 Å². The normalized spacial score (nSPS) is 17.0. The van der Waals surface area contributed by atoms with Crippen LogP contribution in [0, 0.1) is 11.6 Å². The lowest BCUT2D eigenvalue weighted by Crippen LogP contribution is -2.44. The van der Waals surface area contributed by atoms with Crippen molar-refractivity contribution in [2.24, 2.45) is 5.73 Å². The molecule has 0 radical (unpaired) electrons. The van der Waals surface area contributed by atoms with Crippen LogP contribution in [0.25, 0.3) is 0 Å². The molecule has 2 aromatic carbocycles. The maximum atomic E-state index is 13.8. The Morgan fingerprint density at radius 3 is 2.38 bits per heavy atom. The highest BCUT2D eigenvalue weighted by Gasteiger charge is 2.32. The molecule has 0 saturated carbocycles. The Balaban J connectivity index is 1.39. The lowest BCUT2D eigenvalue weighted by Gasteiger charge is -2.34. The molecule has 224 valence electrons. The minimum atomic E-state index is -4.24. The number of nitrogens with zero attached hydrogens (tertiary/aromatic N) is 4. The van der Waals surface area contributed by atoms with Crippen molar-refractivity contribution in [2.45, 2.75) is 30.8 Å². The maximum absolute atomic E-state index is 13.8. The highest BCUT2D eigenvalue weighted by Crippen LogP contribution is 2.30. The first-order chi connectivity index (χ1) is 19.9. The number of piperazine rings is 1. The van der Waals surface area contributed by atoms with Crippen LogP contribution in [0.1, 0.15) is 28.5 Å². The summed E-state index contributed by atoms with van der Waals surface area (Å²) in [6, 6.07) is 6.44. The molecule has 1 atom stereocenters. The highest BCUT2D eigenvalue weighted by atomic mass is 32.2. The van der Waals surface area contributed by atoms with Crippen LogP contribution in [0.5, 0.6) is 0 Å². The Labute approximate surface area is 241 Å². The standard InChI is InChI=1S/C27H32F2N8O4S/c1-16(30)26(38)31-24-14-19(36-9-7-35(2)8-10-36)3-4-21(24)27(39)32-25-22-15-37(6-5-23(22)33-34-25)42(40,41)20-12-17(28)11-18(29)13-20/h3-4,11-14,16H,5-10,15,30H2,1-2H3,(H,31,38)(H2,32,33,34,39). The summed E-state index contributed by atoms with van der Waals surface area (Å²) in [5.74, 6) is -2.96. The fraction of sp³-hybridized carbons (Fsp3) is 0.370. The second-order valence-electron chi connectivity index (χ2n) is 10.5. The number of rotatable bonds is 7. The van der Waals surface area contributed by atoms with E-state index in [-0.39, 0.29) is 36.6 Å². The van der Waals surface area contributed by atoms with Crippen LogP contribution in [0.15, 0.2) is 41.3 Å². The van der Waals surface area contributed by atoms with Gasteiger partial charge in [0.2, 0.25) is 15.9 Å². The molecule has 5 N–H and O–H groups in total. The molecule has 1 saturated heterocycles. The van der Waals surface area contributed by atoms with Crippen molar-refractivity contribution in [1.29, 1.82) is 0 Å². The van der Waals surface area contributed by atoms with Crippen LogP contribution < -0.4 is 21.3 Å². The zero-order valence-corrected chi connectivity index (χ0v) is 24.0. The molecule has 0 aliphatic carbocycles. The average molecular weight is 603 g/mol. The van der Waals surface area contributed by atoms with E-state index in [4.69, 9.17) is 5.73 Å². The summed E-state index contributed by atoms with van der Waals surface area (Å²) >= 11 is 0. The van der Waals surface area contributed by atoms with Crippen molar-refractivity contribution in [3.63, 3.8) is 0 Å². The second-order valence-corrected chi connectivity index (χ2v) is 12.4. The second kappa shape index (κ2) is 11.8. The van der Waals surface area contributed by atoms with E-state index < -0.39 is 44.4 Å². The largest absolute Gasteiger partial charge is 0.369 e. The molecule has 1 fully saturated rings. The van der Waals surface area contributed by atoms with Crippen molar-refractivity contribution in [3.05, 3.63) is 64.9 Å². The van der Waals surface area contributed by atoms with Crippen molar-refractivity contribution in [1.82, 2.24) is 19.4 Å². The molecular formula is C27H32F2N8O4S. The molecule has 5 rings (SSSR count). The average Bonchev–Trinajstić information content (AvgIpc) is 3.34. The zero-order chi connectivity index (χ0) is 30.2.